The maximum atomic E-state index is 7.08. The Morgan fingerprint density at radius 2 is 2.78 bits per heavy atom. The normalized spacial score (nSPS) is 24.7. The molecule has 2 heteroatoms. The van der Waals surface area contributed by atoms with Crippen LogP contribution >= 0.6 is 0 Å². The van der Waals surface area contributed by atoms with Gasteiger partial charge in [-0.05, 0) is 18.9 Å². The van der Waals surface area contributed by atoms with Crippen LogP contribution < -0.4 is 0 Å². The summed E-state index contributed by atoms with van der Waals surface area (Å²) in [5, 5.41) is 4.00. The van der Waals surface area contributed by atoms with Gasteiger partial charge in [0.15, 0.2) is 0 Å². The third-order valence-corrected chi connectivity index (χ3v) is 1.61. The summed E-state index contributed by atoms with van der Waals surface area (Å²) >= 11 is 0. The number of hydrogen-bond donors (Lipinski definition) is 0. The predicted molar refractivity (Wildman–Crippen MR) is 35.2 cm³/mol. The molecule has 1 aromatic heterocycles. The van der Waals surface area contributed by atoms with Crippen molar-refractivity contribution in [3.8, 4) is 0 Å². The topological polar surface area (TPSA) is 17.8 Å². The van der Waals surface area contributed by atoms with E-state index in [1.54, 1.807) is 6.07 Å². The van der Waals surface area contributed by atoms with Crippen LogP contribution in [0.3, 0.4) is 0 Å². The highest BCUT2D eigenvalue weighted by Gasteiger charge is 2.25. The van der Waals surface area contributed by atoms with Crippen molar-refractivity contribution in [2.45, 2.75) is 18.8 Å². The van der Waals surface area contributed by atoms with Crippen molar-refractivity contribution in [1.82, 2.24) is 9.78 Å². The van der Waals surface area contributed by atoms with Crippen molar-refractivity contribution in [3.63, 3.8) is 0 Å². The molecule has 1 fully saturated rings. The summed E-state index contributed by atoms with van der Waals surface area (Å²) in [7, 11) is 0. The van der Waals surface area contributed by atoms with Gasteiger partial charge < -0.3 is 0 Å². The van der Waals surface area contributed by atoms with Crippen LogP contribution in [0.4, 0.5) is 0 Å². The summed E-state index contributed by atoms with van der Waals surface area (Å²) in [5.74, 6) is 0.522. The second kappa shape index (κ2) is 1.59. The lowest BCUT2D eigenvalue weighted by Gasteiger charge is -1.85. The SMILES string of the molecule is [2H]C([2H])([2H])n1ccc(C2CC2)n1. The average Bonchev–Trinajstić information content (AvgIpc) is 2.66. The molecular formula is C7H10N2. The lowest BCUT2D eigenvalue weighted by molar-refractivity contribution is 0.744. The van der Waals surface area contributed by atoms with Crippen LogP contribution in [0.2, 0.25) is 0 Å². The first-order chi connectivity index (χ1) is 5.57. The molecule has 9 heavy (non-hydrogen) atoms. The molecule has 1 aliphatic rings. The van der Waals surface area contributed by atoms with E-state index in [4.69, 9.17) is 4.11 Å². The summed E-state index contributed by atoms with van der Waals surface area (Å²) in [6.45, 7) is -2.12. The average molecular weight is 125 g/mol. The third kappa shape index (κ3) is 0.846. The van der Waals surface area contributed by atoms with Crippen LogP contribution in [0.15, 0.2) is 12.3 Å². The minimum atomic E-state index is -2.12. The molecule has 48 valence electrons. The maximum Gasteiger partial charge on any atom is 0.0655 e. The molecule has 1 saturated carbocycles. The van der Waals surface area contributed by atoms with E-state index in [0.29, 0.717) is 5.92 Å². The van der Waals surface area contributed by atoms with Gasteiger partial charge in [-0.25, -0.2) is 0 Å². The molecule has 0 saturated heterocycles. The predicted octanol–water partition coefficient (Wildman–Crippen LogP) is 1.30. The summed E-state index contributed by atoms with van der Waals surface area (Å²) < 4.78 is 22.3. The van der Waals surface area contributed by atoms with E-state index in [9.17, 15) is 0 Å². The van der Waals surface area contributed by atoms with Crippen LogP contribution in [-0.4, -0.2) is 9.78 Å². The van der Waals surface area contributed by atoms with E-state index in [1.165, 1.54) is 6.20 Å². The minimum absolute atomic E-state index is 0.522. The second-order valence-corrected chi connectivity index (χ2v) is 2.46. The molecule has 0 amide bonds. The zero-order valence-corrected chi connectivity index (χ0v) is 5.04. The lowest BCUT2D eigenvalue weighted by Crippen LogP contribution is -1.88. The molecule has 0 radical (unpaired) electrons. The van der Waals surface area contributed by atoms with E-state index >= 15 is 0 Å². The highest BCUT2D eigenvalue weighted by atomic mass is 15.2. The molecule has 2 nitrogen and oxygen atoms in total. The molecule has 1 aromatic rings. The molecule has 0 aliphatic heterocycles. The molecule has 2 rings (SSSR count). The Bertz CT molecular complexity index is 285. The Balaban J connectivity index is 2.23. The first-order valence-corrected chi connectivity index (χ1v) is 3.13. The van der Waals surface area contributed by atoms with E-state index in [2.05, 4.69) is 5.10 Å². The standard InChI is InChI=1S/C7H10N2/c1-9-5-4-7(8-9)6-2-3-6/h4-6H,2-3H2,1H3/i1D3. The summed E-state index contributed by atoms with van der Waals surface area (Å²) in [4.78, 5) is 0. The zero-order chi connectivity index (χ0) is 8.77. The summed E-state index contributed by atoms with van der Waals surface area (Å²) in [5.41, 5.74) is 0.922. The number of rotatable bonds is 1. The molecule has 1 heterocycles. The van der Waals surface area contributed by atoms with E-state index in [-0.39, 0.29) is 0 Å². The molecule has 1 aliphatic carbocycles. The van der Waals surface area contributed by atoms with E-state index in [0.717, 1.165) is 23.2 Å². The first kappa shape index (κ1) is 2.86. The van der Waals surface area contributed by atoms with Crippen LogP contribution in [-0.2, 0) is 6.98 Å². The number of aromatic nitrogens is 2. The maximum absolute atomic E-state index is 7.08. The van der Waals surface area contributed by atoms with Crippen molar-refractivity contribution in [2.75, 3.05) is 0 Å². The molecule has 0 bridgehead atoms. The Morgan fingerprint density at radius 1 is 1.89 bits per heavy atom. The van der Waals surface area contributed by atoms with Gasteiger partial charge in [-0.3, -0.25) is 4.68 Å². The number of aryl methyl sites for hydroxylation is 1. The molecule has 0 unspecified atom stereocenters. The largest absolute Gasteiger partial charge is 0.276 e. The van der Waals surface area contributed by atoms with Gasteiger partial charge in [0.1, 0.15) is 0 Å². The third-order valence-electron chi connectivity index (χ3n) is 1.61. The van der Waals surface area contributed by atoms with Crippen molar-refractivity contribution in [3.05, 3.63) is 18.0 Å². The highest BCUT2D eigenvalue weighted by Crippen LogP contribution is 2.38. The van der Waals surface area contributed by atoms with Crippen molar-refractivity contribution >= 4 is 0 Å². The lowest BCUT2D eigenvalue weighted by atomic mass is 10.3. The van der Waals surface area contributed by atoms with Gasteiger partial charge in [-0.1, -0.05) is 0 Å². The Morgan fingerprint density at radius 3 is 3.33 bits per heavy atom. The fourth-order valence-corrected chi connectivity index (χ4v) is 0.935. The van der Waals surface area contributed by atoms with Crippen LogP contribution in [0.1, 0.15) is 28.6 Å². The van der Waals surface area contributed by atoms with Gasteiger partial charge in [0.25, 0.3) is 0 Å². The fraction of sp³-hybridized carbons (Fsp3) is 0.571. The number of nitrogens with zero attached hydrogens (tertiary/aromatic N) is 2. The van der Waals surface area contributed by atoms with Crippen molar-refractivity contribution < 1.29 is 4.11 Å². The monoisotopic (exact) mass is 125 g/mol. The van der Waals surface area contributed by atoms with Gasteiger partial charge in [0, 0.05) is 23.2 Å². The minimum Gasteiger partial charge on any atom is -0.276 e. The van der Waals surface area contributed by atoms with Gasteiger partial charge in [0.2, 0.25) is 0 Å². The smallest absolute Gasteiger partial charge is 0.0655 e. The van der Waals surface area contributed by atoms with E-state index < -0.39 is 6.98 Å². The molecule has 0 aromatic carbocycles. The van der Waals surface area contributed by atoms with Crippen molar-refractivity contribution in [1.29, 1.82) is 0 Å². The van der Waals surface area contributed by atoms with Gasteiger partial charge in [-0.15, -0.1) is 0 Å². The summed E-state index contributed by atoms with van der Waals surface area (Å²) in [6, 6.07) is 1.80. The number of hydrogen-bond acceptors (Lipinski definition) is 1. The van der Waals surface area contributed by atoms with Crippen LogP contribution in [0.25, 0.3) is 0 Å². The van der Waals surface area contributed by atoms with Crippen molar-refractivity contribution in [2.24, 2.45) is 6.98 Å². The molecule has 0 atom stereocenters. The highest BCUT2D eigenvalue weighted by molar-refractivity contribution is 5.11. The van der Waals surface area contributed by atoms with Crippen LogP contribution in [0.5, 0.6) is 0 Å². The molecular weight excluding hydrogens is 112 g/mol. The first-order valence-electron chi connectivity index (χ1n) is 4.63. The molecule has 0 spiro atoms. The zero-order valence-electron chi connectivity index (χ0n) is 8.04. The fourth-order valence-electron chi connectivity index (χ4n) is 0.935. The second-order valence-electron chi connectivity index (χ2n) is 2.46. The quantitative estimate of drug-likeness (QED) is 0.553. The Labute approximate surface area is 58.7 Å². The molecule has 0 N–H and O–H groups in total. The Hall–Kier alpha value is -0.790. The van der Waals surface area contributed by atoms with Gasteiger partial charge >= 0.3 is 0 Å². The van der Waals surface area contributed by atoms with E-state index in [1.807, 2.05) is 0 Å². The Kier molecular flexibility index (Phi) is 0.507. The summed E-state index contributed by atoms with van der Waals surface area (Å²) in [6.07, 6.45) is 3.83. The van der Waals surface area contributed by atoms with Gasteiger partial charge in [0.05, 0.1) is 5.69 Å². The van der Waals surface area contributed by atoms with Gasteiger partial charge in [-0.2, -0.15) is 5.10 Å². The van der Waals surface area contributed by atoms with Crippen LogP contribution in [0, 0.1) is 0 Å².